The molecule has 2 aromatic carbocycles. The van der Waals surface area contributed by atoms with Crippen LogP contribution in [0.2, 0.25) is 0 Å². The molecule has 206 valence electrons. The van der Waals surface area contributed by atoms with Crippen LogP contribution in [-0.2, 0) is 26.6 Å². The van der Waals surface area contributed by atoms with Crippen molar-refractivity contribution < 1.29 is 13.9 Å². The van der Waals surface area contributed by atoms with E-state index in [4.69, 9.17) is 15.5 Å². The summed E-state index contributed by atoms with van der Waals surface area (Å²) in [6, 6.07) is 13.5. The van der Waals surface area contributed by atoms with Crippen molar-refractivity contribution in [1.29, 1.82) is 0 Å². The molecular formula is C30H32FN7O2. The van der Waals surface area contributed by atoms with E-state index < -0.39 is 12.7 Å². The van der Waals surface area contributed by atoms with E-state index in [0.717, 1.165) is 57.0 Å². The Bertz CT molecular complexity index is 1720. The van der Waals surface area contributed by atoms with Crippen molar-refractivity contribution in [2.45, 2.75) is 38.5 Å². The number of aromatic amines is 1. The fourth-order valence-electron chi connectivity index (χ4n) is 5.81. The van der Waals surface area contributed by atoms with Gasteiger partial charge in [-0.25, -0.2) is 9.37 Å². The SMILES string of the molecule is Cn1c(-c2cc3cccc(OCc4ccn[nH]4)c3n2CC2CC2)nc2cc3c(cc21)CCN(C[C@H](N)CF)C3=O. The first kappa shape index (κ1) is 24.8. The fourth-order valence-corrected chi connectivity index (χ4v) is 5.81. The van der Waals surface area contributed by atoms with Crippen molar-refractivity contribution in [3.8, 4) is 17.3 Å². The number of carbonyl (C=O) groups is 1. The number of benzene rings is 2. The van der Waals surface area contributed by atoms with E-state index in [1.165, 1.54) is 12.8 Å². The van der Waals surface area contributed by atoms with Gasteiger partial charge >= 0.3 is 0 Å². The lowest BCUT2D eigenvalue weighted by molar-refractivity contribution is 0.0725. The van der Waals surface area contributed by atoms with Gasteiger partial charge in [0.2, 0.25) is 0 Å². The lowest BCUT2D eigenvalue weighted by Gasteiger charge is -2.30. The quantitative estimate of drug-likeness (QED) is 0.291. The highest BCUT2D eigenvalue weighted by molar-refractivity contribution is 6.01. The normalized spacial score (nSPS) is 16.2. The number of nitrogens with zero attached hydrogens (tertiary/aromatic N) is 5. The van der Waals surface area contributed by atoms with Crippen LogP contribution in [0.4, 0.5) is 4.39 Å². The Hall–Kier alpha value is -4.18. The Morgan fingerprint density at radius 3 is 2.88 bits per heavy atom. The number of carbonyl (C=O) groups excluding carboxylic acids is 1. The van der Waals surface area contributed by atoms with Gasteiger partial charge in [-0.1, -0.05) is 12.1 Å². The topological polar surface area (TPSA) is 107 Å². The molecule has 40 heavy (non-hydrogen) atoms. The van der Waals surface area contributed by atoms with Gasteiger partial charge in [-0.05, 0) is 61.1 Å². The number of fused-ring (bicyclic) bond motifs is 3. The molecule has 1 atom stereocenters. The molecule has 0 saturated heterocycles. The molecule has 3 aromatic heterocycles. The second kappa shape index (κ2) is 9.78. The predicted molar refractivity (Wildman–Crippen MR) is 151 cm³/mol. The number of hydrogen-bond donors (Lipinski definition) is 2. The Kier molecular flexibility index (Phi) is 6.07. The van der Waals surface area contributed by atoms with Crippen molar-refractivity contribution >= 4 is 27.8 Å². The molecule has 10 heteroatoms. The summed E-state index contributed by atoms with van der Waals surface area (Å²) in [5.74, 6) is 2.19. The molecule has 0 radical (unpaired) electrons. The Morgan fingerprint density at radius 2 is 2.10 bits per heavy atom. The number of amides is 1. The average molecular weight is 542 g/mol. The molecule has 1 fully saturated rings. The van der Waals surface area contributed by atoms with Crippen LogP contribution in [-0.4, -0.2) is 60.9 Å². The zero-order chi connectivity index (χ0) is 27.4. The molecule has 3 N–H and O–H groups in total. The molecule has 9 nitrogen and oxygen atoms in total. The maximum atomic E-state index is 13.2. The lowest BCUT2D eigenvalue weighted by Crippen LogP contribution is -2.45. The van der Waals surface area contributed by atoms with Gasteiger partial charge in [-0.3, -0.25) is 9.89 Å². The molecule has 1 aliphatic heterocycles. The van der Waals surface area contributed by atoms with Crippen LogP contribution in [0.25, 0.3) is 33.5 Å². The number of H-pyrrole nitrogens is 1. The number of imidazole rings is 1. The van der Waals surface area contributed by atoms with Gasteiger partial charge < -0.3 is 24.5 Å². The van der Waals surface area contributed by atoms with Crippen LogP contribution in [0.5, 0.6) is 5.75 Å². The third-order valence-electron chi connectivity index (χ3n) is 8.12. The van der Waals surface area contributed by atoms with E-state index in [2.05, 4.69) is 37.5 Å². The van der Waals surface area contributed by atoms with Crippen LogP contribution < -0.4 is 10.5 Å². The largest absolute Gasteiger partial charge is 0.485 e. The van der Waals surface area contributed by atoms with E-state index in [1.54, 1.807) is 11.1 Å². The number of nitrogens with one attached hydrogen (secondary N) is 1. The highest BCUT2D eigenvalue weighted by atomic mass is 19.1. The number of aryl methyl sites for hydroxylation is 1. The summed E-state index contributed by atoms with van der Waals surface area (Å²) in [6.45, 7) is 1.40. The average Bonchev–Trinajstić information content (AvgIpc) is 3.34. The van der Waals surface area contributed by atoms with Gasteiger partial charge in [-0.15, -0.1) is 0 Å². The smallest absolute Gasteiger partial charge is 0.254 e. The maximum Gasteiger partial charge on any atom is 0.254 e. The summed E-state index contributed by atoms with van der Waals surface area (Å²) in [5, 5.41) is 8.08. The standard InChI is InChI=1S/C30H32FN7O2/c1-36-25-11-19-8-10-37(16-21(32)14-31)30(39)23(19)13-24(25)34-29(36)26-12-20-3-2-4-27(40-17-22-7-9-33-35-22)28(20)38(26)15-18-5-6-18/h2-4,7,9,11-13,18,21H,5-6,8,10,14-17,32H2,1H3,(H,33,35)/t21-/m1/s1. The van der Waals surface area contributed by atoms with Gasteiger partial charge in [-0.2, -0.15) is 5.10 Å². The van der Waals surface area contributed by atoms with Crippen LogP contribution in [0, 0.1) is 5.92 Å². The van der Waals surface area contributed by atoms with Gasteiger partial charge in [0, 0.05) is 43.8 Å². The number of para-hydroxylation sites is 1. The number of alkyl halides is 1. The van der Waals surface area contributed by atoms with Crippen molar-refractivity contribution in [2.24, 2.45) is 18.7 Å². The predicted octanol–water partition coefficient (Wildman–Crippen LogP) is 4.20. The van der Waals surface area contributed by atoms with Crippen molar-refractivity contribution in [2.75, 3.05) is 19.8 Å². The zero-order valence-electron chi connectivity index (χ0n) is 22.4. The first-order valence-corrected chi connectivity index (χ1v) is 13.8. The molecule has 0 spiro atoms. The highest BCUT2D eigenvalue weighted by Crippen LogP contribution is 2.39. The number of aromatic nitrogens is 5. The van der Waals surface area contributed by atoms with Gasteiger partial charge in [0.05, 0.1) is 34.0 Å². The molecule has 1 saturated carbocycles. The minimum atomic E-state index is -0.669. The molecule has 0 unspecified atom stereocenters. The number of hydrogen-bond acceptors (Lipinski definition) is 5. The summed E-state index contributed by atoms with van der Waals surface area (Å²) in [6.07, 6.45) is 4.86. The molecule has 2 aliphatic rings. The van der Waals surface area contributed by atoms with Gasteiger partial charge in [0.25, 0.3) is 5.91 Å². The van der Waals surface area contributed by atoms with E-state index in [0.29, 0.717) is 31.1 Å². The first-order valence-electron chi connectivity index (χ1n) is 13.8. The van der Waals surface area contributed by atoms with Gasteiger partial charge in [0.1, 0.15) is 19.0 Å². The van der Waals surface area contributed by atoms with Crippen LogP contribution >= 0.6 is 0 Å². The second-order valence-electron chi connectivity index (χ2n) is 11.1. The molecule has 0 bridgehead atoms. The summed E-state index contributed by atoms with van der Waals surface area (Å²) in [4.78, 5) is 20.0. The van der Waals surface area contributed by atoms with Crippen molar-refractivity contribution in [1.82, 2.24) is 29.2 Å². The summed E-state index contributed by atoms with van der Waals surface area (Å²) < 4.78 is 23.8. The molecule has 7 rings (SSSR count). The molecular weight excluding hydrogens is 509 g/mol. The molecule has 4 heterocycles. The van der Waals surface area contributed by atoms with Crippen LogP contribution in [0.3, 0.4) is 0 Å². The van der Waals surface area contributed by atoms with E-state index in [1.807, 2.05) is 31.3 Å². The fraction of sp³-hybridized carbons (Fsp3) is 0.367. The summed E-state index contributed by atoms with van der Waals surface area (Å²) in [7, 11) is 2.03. The monoisotopic (exact) mass is 541 g/mol. The number of rotatable bonds is 9. The minimum absolute atomic E-state index is 0.110. The minimum Gasteiger partial charge on any atom is -0.485 e. The first-order chi connectivity index (χ1) is 19.5. The van der Waals surface area contributed by atoms with E-state index >= 15 is 0 Å². The molecule has 1 amide bonds. The van der Waals surface area contributed by atoms with Crippen molar-refractivity contribution in [3.63, 3.8) is 0 Å². The molecule has 5 aromatic rings. The number of halogens is 1. The molecule has 1 aliphatic carbocycles. The summed E-state index contributed by atoms with van der Waals surface area (Å²) >= 11 is 0. The Morgan fingerprint density at radius 1 is 1.23 bits per heavy atom. The van der Waals surface area contributed by atoms with E-state index in [9.17, 15) is 9.18 Å². The third kappa shape index (κ3) is 4.32. The summed E-state index contributed by atoms with van der Waals surface area (Å²) in [5.41, 5.74) is 12.2. The van der Waals surface area contributed by atoms with Crippen molar-refractivity contribution in [3.05, 3.63) is 65.5 Å². The highest BCUT2D eigenvalue weighted by Gasteiger charge is 2.29. The Labute approximate surface area is 230 Å². The number of nitrogens with two attached hydrogens (primary N) is 1. The van der Waals surface area contributed by atoms with Gasteiger partial charge in [0.15, 0.2) is 5.82 Å². The van der Waals surface area contributed by atoms with E-state index in [-0.39, 0.29) is 12.5 Å². The van der Waals surface area contributed by atoms with Crippen LogP contribution in [0.15, 0.2) is 48.7 Å². The zero-order valence-corrected chi connectivity index (χ0v) is 22.4. The second-order valence-corrected chi connectivity index (χ2v) is 11.1. The van der Waals surface area contributed by atoms with Crippen LogP contribution in [0.1, 0.15) is 34.5 Å². The number of ether oxygens (including phenoxy) is 1. The Balaban J connectivity index is 1.30. The lowest BCUT2D eigenvalue weighted by atomic mass is 9.97. The maximum absolute atomic E-state index is 13.2. The third-order valence-corrected chi connectivity index (χ3v) is 8.12.